The van der Waals surface area contributed by atoms with Crippen LogP contribution in [0, 0.1) is 6.92 Å². The Morgan fingerprint density at radius 1 is 0.735 bits per heavy atom. The van der Waals surface area contributed by atoms with Crippen molar-refractivity contribution in [1.82, 2.24) is 29.8 Å². The van der Waals surface area contributed by atoms with Gasteiger partial charge in [0.15, 0.2) is 5.82 Å². The van der Waals surface area contributed by atoms with E-state index in [0.717, 1.165) is 43.3 Å². The molecule has 1 fully saturated rings. The third-order valence-corrected chi connectivity index (χ3v) is 5.68. The van der Waals surface area contributed by atoms with Crippen molar-refractivity contribution in [2.24, 2.45) is 0 Å². The van der Waals surface area contributed by atoms with Gasteiger partial charge in [-0.15, -0.1) is 0 Å². The van der Waals surface area contributed by atoms with Crippen LogP contribution in [0.25, 0.3) is 11.5 Å². The smallest absolute Gasteiger partial charge is 0.229 e. The Balaban J connectivity index is 1.26. The number of hydrogen-bond donors (Lipinski definition) is 2. The first-order chi connectivity index (χ1) is 16.6. The van der Waals surface area contributed by atoms with Crippen molar-refractivity contribution in [3.05, 3.63) is 72.7 Å². The number of nitrogens with zero attached hydrogens (tertiary/aromatic N) is 7. The summed E-state index contributed by atoms with van der Waals surface area (Å²) < 4.78 is 0. The molecule has 4 heterocycles. The summed E-state index contributed by atoms with van der Waals surface area (Å²) in [4.78, 5) is 27.1. The van der Waals surface area contributed by atoms with E-state index in [1.54, 1.807) is 24.5 Å². The van der Waals surface area contributed by atoms with E-state index in [1.807, 2.05) is 25.1 Å². The van der Waals surface area contributed by atoms with E-state index in [4.69, 9.17) is 0 Å². The van der Waals surface area contributed by atoms with Gasteiger partial charge < -0.3 is 20.4 Å². The van der Waals surface area contributed by atoms with Crippen LogP contribution in [0.3, 0.4) is 0 Å². The number of aryl methyl sites for hydroxylation is 1. The zero-order valence-electron chi connectivity index (χ0n) is 19.3. The SMILES string of the molecule is Cc1cccc(-c2nccc(Nc3ccnc(Nc4ccc(N5CCN(C)CC5)cc4)n3)n2)n1. The highest BCUT2D eigenvalue weighted by molar-refractivity contribution is 5.61. The standard InChI is InChI=1S/C25H27N9/c1-18-4-3-5-21(28-18)24-26-12-10-22(31-24)30-23-11-13-27-25(32-23)29-19-6-8-20(9-7-19)34-16-14-33(2)15-17-34/h3-13H,14-17H2,1-2H3,(H2,26,27,29,30,31,32). The maximum absolute atomic E-state index is 4.58. The molecule has 1 aliphatic heterocycles. The summed E-state index contributed by atoms with van der Waals surface area (Å²) in [5.41, 5.74) is 3.82. The first kappa shape index (κ1) is 21.7. The van der Waals surface area contributed by atoms with Crippen LogP contribution in [0.4, 0.5) is 29.0 Å². The highest BCUT2D eigenvalue weighted by atomic mass is 15.2. The quantitative estimate of drug-likeness (QED) is 0.451. The lowest BCUT2D eigenvalue weighted by molar-refractivity contribution is 0.313. The Bertz CT molecular complexity index is 1250. The third-order valence-electron chi connectivity index (χ3n) is 5.68. The van der Waals surface area contributed by atoms with E-state index in [9.17, 15) is 0 Å². The number of nitrogens with one attached hydrogen (secondary N) is 2. The molecule has 2 N–H and O–H groups in total. The van der Waals surface area contributed by atoms with E-state index in [2.05, 4.69) is 76.7 Å². The lowest BCUT2D eigenvalue weighted by Crippen LogP contribution is -2.44. The molecule has 0 radical (unpaired) electrons. The molecule has 4 aromatic rings. The van der Waals surface area contributed by atoms with Crippen molar-refractivity contribution in [2.45, 2.75) is 6.92 Å². The Morgan fingerprint density at radius 3 is 2.24 bits per heavy atom. The molecular weight excluding hydrogens is 426 g/mol. The molecule has 1 aliphatic rings. The predicted octanol–water partition coefficient (Wildman–Crippen LogP) is 3.88. The molecule has 0 atom stereocenters. The summed E-state index contributed by atoms with van der Waals surface area (Å²) in [6.45, 7) is 6.21. The van der Waals surface area contributed by atoms with Gasteiger partial charge in [0, 0.05) is 55.6 Å². The highest BCUT2D eigenvalue weighted by Gasteiger charge is 2.14. The minimum atomic E-state index is 0.506. The third kappa shape index (κ3) is 5.26. The molecule has 5 rings (SSSR count). The minimum absolute atomic E-state index is 0.506. The zero-order chi connectivity index (χ0) is 23.3. The number of anilines is 5. The molecule has 0 aliphatic carbocycles. The summed E-state index contributed by atoms with van der Waals surface area (Å²) in [5.74, 6) is 2.33. The van der Waals surface area contributed by atoms with Crippen LogP contribution in [0.5, 0.6) is 0 Å². The maximum Gasteiger partial charge on any atom is 0.229 e. The fraction of sp³-hybridized carbons (Fsp3) is 0.240. The van der Waals surface area contributed by atoms with Crippen LogP contribution in [-0.4, -0.2) is 63.0 Å². The van der Waals surface area contributed by atoms with Crippen LogP contribution < -0.4 is 15.5 Å². The van der Waals surface area contributed by atoms with Crippen molar-refractivity contribution in [3.8, 4) is 11.5 Å². The van der Waals surface area contributed by atoms with Crippen molar-refractivity contribution in [3.63, 3.8) is 0 Å². The second-order valence-electron chi connectivity index (χ2n) is 8.28. The zero-order valence-corrected chi connectivity index (χ0v) is 19.3. The van der Waals surface area contributed by atoms with Gasteiger partial charge in [0.05, 0.1) is 0 Å². The molecule has 172 valence electrons. The summed E-state index contributed by atoms with van der Waals surface area (Å²) in [6.07, 6.45) is 3.41. The predicted molar refractivity (Wildman–Crippen MR) is 135 cm³/mol. The average molecular weight is 454 g/mol. The van der Waals surface area contributed by atoms with Crippen LogP contribution in [0.1, 0.15) is 5.69 Å². The fourth-order valence-electron chi connectivity index (χ4n) is 3.79. The van der Waals surface area contributed by atoms with Crippen molar-refractivity contribution < 1.29 is 0 Å². The second kappa shape index (κ2) is 9.80. The number of rotatable bonds is 6. The molecule has 0 unspecified atom stereocenters. The topological polar surface area (TPSA) is 95.0 Å². The largest absolute Gasteiger partial charge is 0.369 e. The summed E-state index contributed by atoms with van der Waals surface area (Å²) in [5, 5.41) is 6.51. The Morgan fingerprint density at radius 2 is 1.47 bits per heavy atom. The lowest BCUT2D eigenvalue weighted by Gasteiger charge is -2.34. The summed E-state index contributed by atoms with van der Waals surface area (Å²) >= 11 is 0. The van der Waals surface area contributed by atoms with Gasteiger partial charge in [-0.25, -0.2) is 19.9 Å². The first-order valence-electron chi connectivity index (χ1n) is 11.3. The number of hydrogen-bond acceptors (Lipinski definition) is 9. The molecule has 0 spiro atoms. The lowest BCUT2D eigenvalue weighted by atomic mass is 10.2. The molecule has 0 amide bonds. The van der Waals surface area contributed by atoms with Crippen LogP contribution in [0.2, 0.25) is 0 Å². The molecule has 9 heteroatoms. The number of likely N-dealkylation sites (N-methyl/N-ethyl adjacent to an activating group) is 1. The molecule has 1 saturated heterocycles. The normalized spacial score (nSPS) is 14.1. The molecule has 34 heavy (non-hydrogen) atoms. The van der Waals surface area contributed by atoms with Gasteiger partial charge in [0.2, 0.25) is 5.95 Å². The van der Waals surface area contributed by atoms with Gasteiger partial charge >= 0.3 is 0 Å². The Kier molecular flexibility index (Phi) is 6.26. The summed E-state index contributed by atoms with van der Waals surface area (Å²) in [6, 6.07) is 17.8. The van der Waals surface area contributed by atoms with Gasteiger partial charge in [-0.2, -0.15) is 4.98 Å². The molecule has 9 nitrogen and oxygen atoms in total. The molecule has 0 saturated carbocycles. The van der Waals surface area contributed by atoms with E-state index >= 15 is 0 Å². The van der Waals surface area contributed by atoms with E-state index < -0.39 is 0 Å². The number of pyridine rings is 1. The monoisotopic (exact) mass is 453 g/mol. The first-order valence-corrected chi connectivity index (χ1v) is 11.3. The molecular formula is C25H27N9. The molecule has 1 aromatic carbocycles. The van der Waals surface area contributed by atoms with Crippen LogP contribution in [0.15, 0.2) is 67.0 Å². The van der Waals surface area contributed by atoms with E-state index in [1.165, 1.54) is 5.69 Å². The van der Waals surface area contributed by atoms with Gasteiger partial charge in [-0.05, 0) is 62.5 Å². The Hall–Kier alpha value is -4.11. The van der Waals surface area contributed by atoms with E-state index in [-0.39, 0.29) is 0 Å². The van der Waals surface area contributed by atoms with Crippen LogP contribution >= 0.6 is 0 Å². The highest BCUT2D eigenvalue weighted by Crippen LogP contribution is 2.22. The van der Waals surface area contributed by atoms with Gasteiger partial charge in [0.25, 0.3) is 0 Å². The average Bonchev–Trinajstić information content (AvgIpc) is 2.86. The van der Waals surface area contributed by atoms with Gasteiger partial charge in [0.1, 0.15) is 17.3 Å². The number of piperazine rings is 1. The van der Waals surface area contributed by atoms with Crippen LogP contribution in [-0.2, 0) is 0 Å². The number of benzene rings is 1. The summed E-state index contributed by atoms with van der Waals surface area (Å²) in [7, 11) is 2.17. The Labute approximate surface area is 199 Å². The molecule has 0 bridgehead atoms. The van der Waals surface area contributed by atoms with Gasteiger partial charge in [-0.1, -0.05) is 6.07 Å². The fourth-order valence-corrected chi connectivity index (χ4v) is 3.79. The second-order valence-corrected chi connectivity index (χ2v) is 8.28. The van der Waals surface area contributed by atoms with E-state index in [0.29, 0.717) is 23.4 Å². The van der Waals surface area contributed by atoms with Crippen molar-refractivity contribution in [1.29, 1.82) is 0 Å². The van der Waals surface area contributed by atoms with Crippen molar-refractivity contribution >= 4 is 29.0 Å². The number of aromatic nitrogens is 5. The van der Waals surface area contributed by atoms with Crippen molar-refractivity contribution in [2.75, 3.05) is 48.8 Å². The minimum Gasteiger partial charge on any atom is -0.369 e. The van der Waals surface area contributed by atoms with Gasteiger partial charge in [-0.3, -0.25) is 0 Å². The maximum atomic E-state index is 4.58. The molecule has 3 aromatic heterocycles.